The number of aliphatic hydroxyl groups is 2. The number of hydrogen-bond donors (Lipinski definition) is 2. The highest BCUT2D eigenvalue weighted by atomic mass is 32.1. The summed E-state index contributed by atoms with van der Waals surface area (Å²) in [4.78, 5) is 32.7. The molecule has 3 saturated carbocycles. The maximum atomic E-state index is 14.8. The number of ether oxygens (including phenoxy) is 3. The number of halogens is 3. The molecule has 0 radical (unpaired) electrons. The molecule has 2 N–H and O–H groups in total. The number of nitrogens with zero attached hydrogens (tertiary/aromatic N) is 1. The molecule has 12 heteroatoms. The van der Waals surface area contributed by atoms with Crippen LogP contribution in [0.1, 0.15) is 84.5 Å². The molecule has 2 bridgehead atoms. The second kappa shape index (κ2) is 14.3. The first-order valence-electron chi connectivity index (χ1n) is 20.2. The Kier molecular flexibility index (Phi) is 9.99. The number of rotatable bonds is 11. The lowest BCUT2D eigenvalue weighted by atomic mass is 9.32. The van der Waals surface area contributed by atoms with E-state index in [4.69, 9.17) is 9.47 Å². The Morgan fingerprint density at radius 3 is 2.22 bits per heavy atom. The van der Waals surface area contributed by atoms with Crippen LogP contribution in [0.15, 0.2) is 78.4 Å². The van der Waals surface area contributed by atoms with Crippen LogP contribution < -0.4 is 14.2 Å². The van der Waals surface area contributed by atoms with Crippen molar-refractivity contribution in [1.82, 2.24) is 4.90 Å². The van der Waals surface area contributed by atoms with E-state index in [0.717, 1.165) is 23.3 Å². The molecule has 1 heterocycles. The minimum Gasteiger partial charge on any atom is -0.493 e. The van der Waals surface area contributed by atoms with E-state index < -0.39 is 34.3 Å². The van der Waals surface area contributed by atoms with Crippen LogP contribution in [-0.4, -0.2) is 65.6 Å². The predicted octanol–water partition coefficient (Wildman–Crippen LogP) is 9.02. The number of aliphatic hydroxyl groups excluding tert-OH is 1. The molecule has 3 aromatic rings. The summed E-state index contributed by atoms with van der Waals surface area (Å²) in [5.74, 6) is 0.347. The van der Waals surface area contributed by atoms with E-state index in [1.54, 1.807) is 23.1 Å². The van der Waals surface area contributed by atoms with E-state index in [1.165, 1.54) is 49.8 Å². The molecule has 8 nitrogen and oxygen atoms in total. The third-order valence-electron chi connectivity index (χ3n) is 15.1. The number of carbonyl (C=O) groups is 2. The Morgan fingerprint density at radius 1 is 0.879 bits per heavy atom. The molecule has 1 aromatic heterocycles. The van der Waals surface area contributed by atoms with E-state index in [9.17, 15) is 33.0 Å². The van der Waals surface area contributed by atoms with Gasteiger partial charge < -0.3 is 29.3 Å². The lowest BCUT2D eigenvalue weighted by molar-refractivity contribution is -0.274. The number of allylic oxidation sites excluding steroid dienone is 4. The molecular formula is C46H52F3NO7S. The van der Waals surface area contributed by atoms with E-state index in [1.807, 2.05) is 19.1 Å². The SMILES string of the molecule is COc1ccc(CC(=O)N(Cc2ccc(OC(F)(F)F)cc2)C[C@]2(O)CC[C@H]3[C@]45C=C[C@@]6(C=C4C(=O)c4ccc(C)s4)CC(O)CC[C@]6(C)[C@H]5CC[C@@]32C)cc1OC. The second-order valence-electron chi connectivity index (χ2n) is 17.9. The Hall–Kier alpha value is -4.13. The zero-order valence-electron chi connectivity index (χ0n) is 33.7. The summed E-state index contributed by atoms with van der Waals surface area (Å²) in [6.45, 7) is 6.50. The van der Waals surface area contributed by atoms with Gasteiger partial charge in [0.05, 0.1) is 43.8 Å². The molecule has 0 aliphatic heterocycles. The van der Waals surface area contributed by atoms with Crippen molar-refractivity contribution in [3.05, 3.63) is 99.3 Å². The summed E-state index contributed by atoms with van der Waals surface area (Å²) >= 11 is 1.49. The lowest BCUT2D eigenvalue weighted by Gasteiger charge is -2.71. The Labute approximate surface area is 341 Å². The van der Waals surface area contributed by atoms with Crippen molar-refractivity contribution in [3.8, 4) is 17.2 Å². The van der Waals surface area contributed by atoms with Crippen LogP contribution >= 0.6 is 11.3 Å². The first-order chi connectivity index (χ1) is 27.4. The number of Topliss-reactive ketones (excluding diaryl/α,β-unsaturated/α-hetero) is 1. The molecule has 2 spiro atoms. The van der Waals surface area contributed by atoms with Crippen LogP contribution in [0.3, 0.4) is 0 Å². The van der Waals surface area contributed by atoms with E-state index in [-0.39, 0.29) is 54.2 Å². The number of ketones is 1. The lowest BCUT2D eigenvalue weighted by Crippen LogP contribution is -2.67. The average molecular weight is 820 g/mol. The van der Waals surface area contributed by atoms with Gasteiger partial charge in [-0.3, -0.25) is 9.59 Å². The zero-order chi connectivity index (χ0) is 41.5. The molecule has 310 valence electrons. The fourth-order valence-electron chi connectivity index (χ4n) is 12.1. The van der Waals surface area contributed by atoms with Gasteiger partial charge in [0.25, 0.3) is 0 Å². The molecule has 2 aromatic carbocycles. The summed E-state index contributed by atoms with van der Waals surface area (Å²) < 4.78 is 54.0. The predicted molar refractivity (Wildman–Crippen MR) is 214 cm³/mol. The number of amides is 1. The van der Waals surface area contributed by atoms with Crippen molar-refractivity contribution in [3.63, 3.8) is 0 Å². The molecule has 58 heavy (non-hydrogen) atoms. The number of benzene rings is 2. The molecule has 3 fully saturated rings. The Balaban J connectivity index is 1.16. The van der Waals surface area contributed by atoms with Crippen LogP contribution in [-0.2, 0) is 17.8 Å². The van der Waals surface area contributed by atoms with E-state index in [2.05, 4.69) is 36.8 Å². The van der Waals surface area contributed by atoms with Gasteiger partial charge in [0.1, 0.15) is 5.75 Å². The monoisotopic (exact) mass is 819 g/mol. The van der Waals surface area contributed by atoms with Gasteiger partial charge in [-0.15, -0.1) is 24.5 Å². The summed E-state index contributed by atoms with van der Waals surface area (Å²) in [5.41, 5.74) is -1.36. The quantitative estimate of drug-likeness (QED) is 0.147. The number of methoxy groups -OCH3 is 2. The average Bonchev–Trinajstić information content (AvgIpc) is 3.73. The third kappa shape index (κ3) is 6.40. The van der Waals surface area contributed by atoms with Gasteiger partial charge in [-0.25, -0.2) is 0 Å². The van der Waals surface area contributed by atoms with Crippen LogP contribution in [0.25, 0.3) is 0 Å². The van der Waals surface area contributed by atoms with Crippen LogP contribution in [0, 0.1) is 40.4 Å². The summed E-state index contributed by atoms with van der Waals surface area (Å²) in [5, 5.41) is 24.2. The van der Waals surface area contributed by atoms with E-state index >= 15 is 0 Å². The van der Waals surface area contributed by atoms with Crippen molar-refractivity contribution in [1.29, 1.82) is 0 Å². The normalized spacial score (nSPS) is 33.4. The zero-order valence-corrected chi connectivity index (χ0v) is 34.5. The number of fused-ring (bicyclic) bond motifs is 1. The highest BCUT2D eigenvalue weighted by molar-refractivity contribution is 7.14. The molecular weight excluding hydrogens is 768 g/mol. The Morgan fingerprint density at radius 2 is 1.55 bits per heavy atom. The number of hydrogen-bond acceptors (Lipinski definition) is 8. The second-order valence-corrected chi connectivity index (χ2v) is 19.1. The molecule has 8 atom stereocenters. The van der Waals surface area contributed by atoms with Gasteiger partial charge >= 0.3 is 6.36 Å². The first kappa shape index (κ1) is 40.6. The van der Waals surface area contributed by atoms with Gasteiger partial charge in [-0.2, -0.15) is 0 Å². The third-order valence-corrected chi connectivity index (χ3v) is 16.1. The van der Waals surface area contributed by atoms with E-state index in [0.29, 0.717) is 59.6 Å². The summed E-state index contributed by atoms with van der Waals surface area (Å²) in [6.07, 6.45) is 6.03. The fraction of sp³-hybridized carbons (Fsp3) is 0.522. The van der Waals surface area contributed by atoms with Crippen LogP contribution in [0.2, 0.25) is 0 Å². The smallest absolute Gasteiger partial charge is 0.493 e. The number of carbonyl (C=O) groups excluding carboxylic acids is 2. The number of aryl methyl sites for hydroxylation is 1. The first-order valence-corrected chi connectivity index (χ1v) is 21.0. The van der Waals surface area contributed by atoms with Gasteiger partial charge in [0, 0.05) is 33.2 Å². The molecule has 6 aliphatic rings. The highest BCUT2D eigenvalue weighted by Crippen LogP contribution is 2.78. The molecule has 1 amide bonds. The van der Waals surface area contributed by atoms with Crippen molar-refractivity contribution in [2.24, 2.45) is 33.5 Å². The summed E-state index contributed by atoms with van der Waals surface area (Å²) in [7, 11) is 3.05. The molecule has 0 saturated heterocycles. The number of thiophene rings is 1. The Bertz CT molecular complexity index is 2170. The standard InChI is InChI=1S/C46H52F3NO7S/c1-28-6-13-36(58-28)40(53)33-25-43-20-21-45(33)37(41(43,2)17-14-31(51)24-43)15-18-42(3)38(45)16-19-44(42,54)27-50(26-29-7-10-32(11-8-29)57-46(47,48)49)39(52)23-30-9-12-34(55-4)35(22-30)56-5/h6-13,20-22,25,31,37-38,51,54H,14-19,23-24,26-27H2,1-5H3/t31?,37-,38-,41-,42+,43+,44-,45-/m1/s1. The van der Waals surface area contributed by atoms with Crippen molar-refractivity contribution < 1.29 is 47.2 Å². The van der Waals surface area contributed by atoms with Crippen molar-refractivity contribution in [2.75, 3.05) is 20.8 Å². The van der Waals surface area contributed by atoms with Crippen molar-refractivity contribution in [2.45, 2.75) is 96.7 Å². The van der Waals surface area contributed by atoms with Crippen LogP contribution in [0.4, 0.5) is 13.2 Å². The highest BCUT2D eigenvalue weighted by Gasteiger charge is 2.74. The molecule has 1 unspecified atom stereocenters. The minimum atomic E-state index is -4.84. The van der Waals surface area contributed by atoms with Crippen molar-refractivity contribution >= 4 is 23.0 Å². The molecule has 6 aliphatic carbocycles. The van der Waals surface area contributed by atoms with Gasteiger partial charge in [0.2, 0.25) is 5.91 Å². The maximum Gasteiger partial charge on any atom is 0.573 e. The maximum absolute atomic E-state index is 14.8. The summed E-state index contributed by atoms with van der Waals surface area (Å²) in [6, 6.07) is 14.6. The van der Waals surface area contributed by atoms with Gasteiger partial charge in [-0.05, 0) is 117 Å². The number of alkyl halides is 3. The van der Waals surface area contributed by atoms with Gasteiger partial charge in [-0.1, -0.05) is 50.3 Å². The minimum absolute atomic E-state index is 0.0120. The largest absolute Gasteiger partial charge is 0.573 e. The topological polar surface area (TPSA) is 106 Å². The van der Waals surface area contributed by atoms with Gasteiger partial charge in [0.15, 0.2) is 17.3 Å². The van der Waals surface area contributed by atoms with Crippen LogP contribution in [0.5, 0.6) is 17.2 Å². The molecule has 9 rings (SSSR count). The fourth-order valence-corrected chi connectivity index (χ4v) is 13.0.